The van der Waals surface area contributed by atoms with Crippen molar-refractivity contribution in [1.82, 2.24) is 29.8 Å². The monoisotopic (exact) mass is 659 g/mol. The van der Waals surface area contributed by atoms with Crippen molar-refractivity contribution in [3.8, 4) is 17.1 Å². The van der Waals surface area contributed by atoms with E-state index in [4.69, 9.17) is 15.2 Å². The minimum absolute atomic E-state index is 0.0452. The summed E-state index contributed by atoms with van der Waals surface area (Å²) >= 11 is 0. The van der Waals surface area contributed by atoms with Crippen molar-refractivity contribution < 1.29 is 41.0 Å². The van der Waals surface area contributed by atoms with Crippen molar-refractivity contribution in [2.75, 3.05) is 26.0 Å². The van der Waals surface area contributed by atoms with Gasteiger partial charge in [0.2, 0.25) is 17.7 Å². The van der Waals surface area contributed by atoms with Crippen LogP contribution in [0.15, 0.2) is 55.0 Å². The molecular weight excluding hydrogens is 629 g/mol. The van der Waals surface area contributed by atoms with Crippen LogP contribution in [-0.2, 0) is 22.3 Å². The zero-order valence-electron chi connectivity index (χ0n) is 25.0. The first kappa shape index (κ1) is 32.1. The summed E-state index contributed by atoms with van der Waals surface area (Å²) in [6.07, 6.45) is -3.32. The van der Waals surface area contributed by atoms with Crippen LogP contribution in [0.4, 0.5) is 27.8 Å². The van der Waals surface area contributed by atoms with Gasteiger partial charge in [0.05, 0.1) is 37.6 Å². The number of fused-ring (bicyclic) bond motifs is 1. The molecule has 2 aliphatic rings. The molecule has 3 N–H and O–H groups in total. The molecule has 0 radical (unpaired) electrons. The van der Waals surface area contributed by atoms with Gasteiger partial charge >= 0.3 is 6.18 Å². The van der Waals surface area contributed by atoms with E-state index in [1.54, 1.807) is 0 Å². The normalized spacial score (nSPS) is 19.5. The fraction of sp³-hybridized carbons (Fsp3) is 0.387. The molecule has 1 saturated heterocycles. The van der Waals surface area contributed by atoms with Crippen LogP contribution >= 0.6 is 0 Å². The highest BCUT2D eigenvalue weighted by Crippen LogP contribution is 2.44. The summed E-state index contributed by atoms with van der Waals surface area (Å²) in [7, 11) is 1.28. The lowest BCUT2D eigenvalue weighted by molar-refractivity contribution is -0.161. The predicted octanol–water partition coefficient (Wildman–Crippen LogP) is 4.36. The van der Waals surface area contributed by atoms with E-state index in [9.17, 15) is 31.5 Å². The molecule has 16 heteroatoms. The average molecular weight is 660 g/mol. The summed E-state index contributed by atoms with van der Waals surface area (Å²) in [5.74, 6) is -5.28. The van der Waals surface area contributed by atoms with Crippen LogP contribution < -0.4 is 15.8 Å². The number of carbonyl (C=O) groups is 2. The van der Waals surface area contributed by atoms with Crippen molar-refractivity contribution in [1.29, 1.82) is 0 Å². The van der Waals surface area contributed by atoms with Gasteiger partial charge in [-0.15, -0.1) is 0 Å². The van der Waals surface area contributed by atoms with E-state index in [0.717, 1.165) is 22.5 Å². The molecule has 47 heavy (non-hydrogen) atoms. The highest BCUT2D eigenvalue weighted by Gasteiger charge is 2.51. The number of halogens is 5. The van der Waals surface area contributed by atoms with Crippen LogP contribution in [0.25, 0.3) is 16.8 Å². The van der Waals surface area contributed by atoms with Crippen molar-refractivity contribution in [2.45, 2.75) is 50.1 Å². The van der Waals surface area contributed by atoms with Crippen molar-refractivity contribution in [2.24, 2.45) is 5.92 Å². The standard InChI is InChI=1S/C31H30F5N7O4/c1-46-28-22(7-18(12-38-28)24-9-23(31(34,35)36)25-26(37)39-16-40-43(24)25)27(44)41-20-8-21(15-47-14-17-5-3-2-4-6-17)42(13-20)29(45)19-10-30(32,33)11-19/h2-7,9,12,16,19-21H,8,10-11,13-15H2,1H3,(H,41,44)(H2,37,39,40)/t20-,21-/m0/s1. The van der Waals surface area contributed by atoms with E-state index in [1.165, 1.54) is 24.3 Å². The molecule has 0 spiro atoms. The van der Waals surface area contributed by atoms with Crippen molar-refractivity contribution in [3.05, 3.63) is 71.7 Å². The number of carbonyl (C=O) groups excluding carboxylic acids is 2. The maximum atomic E-state index is 13.9. The number of aromatic nitrogens is 4. The molecule has 4 aromatic rings. The minimum Gasteiger partial charge on any atom is -0.480 e. The molecular formula is C31H30F5N7O4. The third-order valence-corrected chi connectivity index (χ3v) is 8.37. The number of likely N-dealkylation sites (tertiary alicyclic amines) is 1. The van der Waals surface area contributed by atoms with E-state index in [-0.39, 0.29) is 54.7 Å². The van der Waals surface area contributed by atoms with Gasteiger partial charge in [0.25, 0.3) is 5.91 Å². The number of alkyl halides is 5. The number of hydrogen-bond acceptors (Lipinski definition) is 8. The number of nitrogens with zero attached hydrogens (tertiary/aromatic N) is 5. The molecule has 11 nitrogen and oxygen atoms in total. The Balaban J connectivity index is 1.23. The number of benzene rings is 1. The Labute approximate surface area is 264 Å². The largest absolute Gasteiger partial charge is 0.480 e. The summed E-state index contributed by atoms with van der Waals surface area (Å²) in [6, 6.07) is 10.4. The number of rotatable bonds is 9. The van der Waals surface area contributed by atoms with Gasteiger partial charge in [-0.25, -0.2) is 23.3 Å². The second-order valence-electron chi connectivity index (χ2n) is 11.6. The summed E-state index contributed by atoms with van der Waals surface area (Å²) in [4.78, 5) is 36.2. The zero-order chi connectivity index (χ0) is 33.5. The van der Waals surface area contributed by atoms with Gasteiger partial charge in [-0.1, -0.05) is 30.3 Å². The van der Waals surface area contributed by atoms with Gasteiger partial charge in [0.15, 0.2) is 5.82 Å². The maximum absolute atomic E-state index is 13.9. The molecule has 0 bridgehead atoms. The number of methoxy groups -OCH3 is 1. The first-order chi connectivity index (χ1) is 22.3. The highest BCUT2D eigenvalue weighted by atomic mass is 19.4. The smallest absolute Gasteiger partial charge is 0.418 e. The molecule has 4 heterocycles. The fourth-order valence-corrected chi connectivity index (χ4v) is 6.08. The van der Waals surface area contributed by atoms with E-state index >= 15 is 0 Å². The van der Waals surface area contributed by atoms with Gasteiger partial charge in [-0.05, 0) is 24.1 Å². The first-order valence-electron chi connectivity index (χ1n) is 14.7. The van der Waals surface area contributed by atoms with Gasteiger partial charge in [-0.3, -0.25) is 9.59 Å². The molecule has 1 aliphatic carbocycles. The number of nitrogens with one attached hydrogen (secondary N) is 1. The lowest BCUT2D eigenvalue weighted by atomic mass is 9.80. The Morgan fingerprint density at radius 2 is 1.87 bits per heavy atom. The van der Waals surface area contributed by atoms with Crippen LogP contribution in [-0.4, -0.2) is 74.6 Å². The quantitative estimate of drug-likeness (QED) is 0.253. The summed E-state index contributed by atoms with van der Waals surface area (Å²) < 4.78 is 81.0. The molecule has 2 atom stereocenters. The topological polar surface area (TPSA) is 137 Å². The Morgan fingerprint density at radius 1 is 1.13 bits per heavy atom. The lowest BCUT2D eigenvalue weighted by Gasteiger charge is -2.37. The van der Waals surface area contributed by atoms with Gasteiger partial charge in [-0.2, -0.15) is 18.3 Å². The molecule has 6 rings (SSSR count). The van der Waals surface area contributed by atoms with E-state index in [0.29, 0.717) is 0 Å². The highest BCUT2D eigenvalue weighted by molar-refractivity contribution is 5.98. The van der Waals surface area contributed by atoms with Crippen LogP contribution in [0.1, 0.15) is 40.7 Å². The molecule has 1 aliphatic heterocycles. The number of nitrogen functional groups attached to an aromatic ring is 1. The Morgan fingerprint density at radius 3 is 2.55 bits per heavy atom. The van der Waals surface area contributed by atoms with Gasteiger partial charge < -0.3 is 25.4 Å². The second-order valence-corrected chi connectivity index (χ2v) is 11.6. The van der Waals surface area contributed by atoms with Crippen LogP contribution in [0.5, 0.6) is 5.88 Å². The molecule has 0 unspecified atom stereocenters. The third kappa shape index (κ3) is 6.54. The van der Waals surface area contributed by atoms with Crippen molar-refractivity contribution >= 4 is 23.1 Å². The van der Waals surface area contributed by atoms with E-state index in [1.807, 2.05) is 30.3 Å². The Hall–Kier alpha value is -4.86. The summed E-state index contributed by atoms with van der Waals surface area (Å²) in [5.41, 5.74) is 5.15. The fourth-order valence-electron chi connectivity index (χ4n) is 6.08. The predicted molar refractivity (Wildman–Crippen MR) is 157 cm³/mol. The zero-order valence-corrected chi connectivity index (χ0v) is 25.0. The molecule has 1 aromatic carbocycles. The molecule has 1 saturated carbocycles. The maximum Gasteiger partial charge on any atom is 0.418 e. The molecule has 2 amide bonds. The minimum atomic E-state index is -4.77. The Kier molecular flexibility index (Phi) is 8.46. The number of ether oxygens (including phenoxy) is 2. The average Bonchev–Trinajstić information content (AvgIpc) is 3.62. The molecule has 3 aromatic heterocycles. The number of anilines is 1. The van der Waals surface area contributed by atoms with Gasteiger partial charge in [0.1, 0.15) is 17.4 Å². The van der Waals surface area contributed by atoms with Crippen LogP contribution in [0.3, 0.4) is 0 Å². The lowest BCUT2D eigenvalue weighted by Crippen LogP contribution is -2.49. The van der Waals surface area contributed by atoms with Crippen LogP contribution in [0.2, 0.25) is 0 Å². The third-order valence-electron chi connectivity index (χ3n) is 8.37. The SMILES string of the molecule is COc1ncc(-c2cc(C(F)(F)F)c3c(N)ncnn23)cc1C(=O)N[C@H]1C[C@@H](COCc2ccccc2)N(C(=O)C2CC(F)(F)C2)C1. The molecule has 248 valence electrons. The van der Waals surface area contributed by atoms with Crippen LogP contribution in [0, 0.1) is 5.92 Å². The second kappa shape index (κ2) is 12.4. The van der Waals surface area contributed by atoms with E-state index in [2.05, 4.69) is 20.4 Å². The molecule has 2 fully saturated rings. The number of hydrogen-bond donors (Lipinski definition) is 2. The summed E-state index contributed by atoms with van der Waals surface area (Å²) in [6.45, 7) is 0.439. The number of nitrogens with two attached hydrogens (primary N) is 1. The van der Waals surface area contributed by atoms with Crippen molar-refractivity contribution in [3.63, 3.8) is 0 Å². The van der Waals surface area contributed by atoms with Gasteiger partial charge in [0, 0.05) is 43.1 Å². The first-order valence-corrected chi connectivity index (χ1v) is 14.7. The summed E-state index contributed by atoms with van der Waals surface area (Å²) in [5, 5.41) is 6.78. The number of amides is 2. The number of pyridine rings is 1. The van der Waals surface area contributed by atoms with E-state index < -0.39 is 65.8 Å². The Bertz CT molecular complexity index is 1790.